The van der Waals surface area contributed by atoms with Crippen LogP contribution in [-0.2, 0) is 14.3 Å². The molecule has 326 valence electrons. The Kier molecular flexibility index (Phi) is 31.9. The summed E-state index contributed by atoms with van der Waals surface area (Å²) in [4.78, 5) is 13.0. The molecule has 55 heavy (non-hydrogen) atoms. The predicted molar refractivity (Wildman–Crippen MR) is 219 cm³/mol. The van der Waals surface area contributed by atoms with Crippen molar-refractivity contribution < 1.29 is 50.0 Å². The van der Waals surface area contributed by atoms with Gasteiger partial charge in [-0.2, -0.15) is 0 Å². The molecule has 1 saturated heterocycles. The number of allylic oxidation sites excluding steroid dienone is 2. The van der Waals surface area contributed by atoms with Crippen molar-refractivity contribution in [2.24, 2.45) is 5.92 Å². The van der Waals surface area contributed by atoms with Crippen molar-refractivity contribution >= 4 is 5.91 Å². The van der Waals surface area contributed by atoms with E-state index in [1.165, 1.54) is 103 Å². The van der Waals surface area contributed by atoms with Crippen LogP contribution in [0.15, 0.2) is 12.2 Å². The summed E-state index contributed by atoms with van der Waals surface area (Å²) in [6.45, 7) is 5.66. The molecule has 0 aromatic rings. The fraction of sp³-hybridized carbons (Fsp3) is 0.932. The molecule has 1 amide bonds. The first-order valence-electron chi connectivity index (χ1n) is 22.4. The molecular formula is C44H85NO10. The standard InChI is InChI=1S/C44H85NO10/c1-4-5-6-7-8-9-10-11-12-13-14-15-16-17-18-21-25-28-31-37(48)43(53)45-35(33-54-44-42(52)41(51)40(50)38(32-46)55-44)39(49)36(47)30-27-24-22-19-20-23-26-29-34(2)3/h9-10,34-42,44,46-52H,4-8,11-33H2,1-3H3,(H,45,53)/b10-9-/t35-,36+,37+,38+,39-,40+,41-,42+,44+/m0/s1. The van der Waals surface area contributed by atoms with E-state index in [4.69, 9.17) is 9.47 Å². The molecule has 1 aliphatic heterocycles. The molecule has 1 rings (SSSR count). The molecule has 1 aliphatic rings. The Balaban J connectivity index is 2.44. The van der Waals surface area contributed by atoms with Crippen LogP contribution in [0.2, 0.25) is 0 Å². The van der Waals surface area contributed by atoms with E-state index in [0.29, 0.717) is 19.3 Å². The first kappa shape index (κ1) is 51.9. The topological polar surface area (TPSA) is 189 Å². The fourth-order valence-electron chi connectivity index (χ4n) is 7.21. The van der Waals surface area contributed by atoms with Crippen molar-refractivity contribution in [2.45, 2.75) is 243 Å². The number of aliphatic hydroxyl groups excluding tert-OH is 7. The molecule has 0 aliphatic carbocycles. The van der Waals surface area contributed by atoms with Gasteiger partial charge in [-0.05, 0) is 44.4 Å². The van der Waals surface area contributed by atoms with Gasteiger partial charge in [-0.25, -0.2) is 0 Å². The van der Waals surface area contributed by atoms with Crippen LogP contribution in [-0.4, -0.2) is 110 Å². The summed E-state index contributed by atoms with van der Waals surface area (Å²) in [7, 11) is 0. The van der Waals surface area contributed by atoms with Gasteiger partial charge in [0.15, 0.2) is 6.29 Å². The van der Waals surface area contributed by atoms with E-state index in [0.717, 1.165) is 44.4 Å². The molecule has 0 aromatic heterocycles. The molecule has 11 heteroatoms. The Morgan fingerprint density at radius 2 is 1.13 bits per heavy atom. The van der Waals surface area contributed by atoms with E-state index >= 15 is 0 Å². The second-order valence-corrected chi connectivity index (χ2v) is 16.6. The molecule has 1 heterocycles. The molecule has 0 saturated carbocycles. The number of aliphatic hydroxyl groups is 7. The third-order valence-corrected chi connectivity index (χ3v) is 11.0. The minimum atomic E-state index is -1.66. The quantitative estimate of drug-likeness (QED) is 0.0249. The third kappa shape index (κ3) is 25.1. The van der Waals surface area contributed by atoms with Crippen LogP contribution in [0.25, 0.3) is 0 Å². The molecule has 9 atom stereocenters. The van der Waals surface area contributed by atoms with Gasteiger partial charge in [-0.1, -0.05) is 161 Å². The number of hydrogen-bond donors (Lipinski definition) is 8. The fourth-order valence-corrected chi connectivity index (χ4v) is 7.21. The van der Waals surface area contributed by atoms with Gasteiger partial charge in [0.25, 0.3) is 0 Å². The average Bonchev–Trinajstić information content (AvgIpc) is 3.17. The Labute approximate surface area is 334 Å². The maximum absolute atomic E-state index is 13.0. The summed E-state index contributed by atoms with van der Waals surface area (Å²) in [6, 6.07) is -1.16. The Morgan fingerprint density at radius 1 is 0.655 bits per heavy atom. The van der Waals surface area contributed by atoms with Crippen LogP contribution in [0.4, 0.5) is 0 Å². The summed E-state index contributed by atoms with van der Waals surface area (Å²) in [5, 5.41) is 75.5. The normalized spacial score (nSPS) is 22.6. The van der Waals surface area contributed by atoms with Crippen LogP contribution in [0.1, 0.15) is 188 Å². The van der Waals surface area contributed by atoms with E-state index in [1.54, 1.807) is 0 Å². The second-order valence-electron chi connectivity index (χ2n) is 16.6. The van der Waals surface area contributed by atoms with Gasteiger partial charge >= 0.3 is 0 Å². The smallest absolute Gasteiger partial charge is 0.249 e. The molecule has 0 spiro atoms. The average molecular weight is 788 g/mol. The van der Waals surface area contributed by atoms with Crippen LogP contribution >= 0.6 is 0 Å². The van der Waals surface area contributed by atoms with Crippen molar-refractivity contribution in [3.8, 4) is 0 Å². The second kappa shape index (κ2) is 33.8. The van der Waals surface area contributed by atoms with Gasteiger partial charge in [-0.15, -0.1) is 0 Å². The Hall–Kier alpha value is -1.15. The summed E-state index contributed by atoms with van der Waals surface area (Å²) in [5.41, 5.74) is 0. The predicted octanol–water partition coefficient (Wildman–Crippen LogP) is 6.75. The number of amides is 1. The number of rotatable bonds is 36. The van der Waals surface area contributed by atoms with Gasteiger partial charge in [0.1, 0.15) is 36.6 Å². The zero-order valence-electron chi connectivity index (χ0n) is 35.1. The maximum Gasteiger partial charge on any atom is 0.249 e. The number of carbonyl (C=O) groups is 1. The van der Waals surface area contributed by atoms with Crippen molar-refractivity contribution in [2.75, 3.05) is 13.2 Å². The third-order valence-electron chi connectivity index (χ3n) is 11.0. The van der Waals surface area contributed by atoms with E-state index in [-0.39, 0.29) is 6.42 Å². The zero-order valence-corrected chi connectivity index (χ0v) is 35.1. The van der Waals surface area contributed by atoms with Crippen molar-refractivity contribution in [3.05, 3.63) is 12.2 Å². The van der Waals surface area contributed by atoms with E-state index < -0.39 is 74.2 Å². The minimum Gasteiger partial charge on any atom is -0.394 e. The van der Waals surface area contributed by atoms with Crippen molar-refractivity contribution in [1.29, 1.82) is 0 Å². The summed E-state index contributed by atoms with van der Waals surface area (Å²) in [5.74, 6) is 0.0261. The highest BCUT2D eigenvalue weighted by molar-refractivity contribution is 5.80. The first-order chi connectivity index (χ1) is 26.5. The van der Waals surface area contributed by atoms with Crippen molar-refractivity contribution in [3.63, 3.8) is 0 Å². The lowest BCUT2D eigenvalue weighted by Crippen LogP contribution is -2.60. The van der Waals surface area contributed by atoms with Crippen LogP contribution in [0, 0.1) is 5.92 Å². The van der Waals surface area contributed by atoms with Crippen molar-refractivity contribution in [1.82, 2.24) is 5.32 Å². The lowest BCUT2D eigenvalue weighted by atomic mass is 9.98. The van der Waals surface area contributed by atoms with Gasteiger partial charge in [0, 0.05) is 0 Å². The summed E-state index contributed by atoms with van der Waals surface area (Å²) in [6.07, 6.45) is 21.4. The lowest BCUT2D eigenvalue weighted by Gasteiger charge is -2.40. The molecule has 8 N–H and O–H groups in total. The summed E-state index contributed by atoms with van der Waals surface area (Å²) < 4.78 is 11.1. The first-order valence-corrected chi connectivity index (χ1v) is 22.4. The minimum absolute atomic E-state index is 0.259. The number of nitrogens with one attached hydrogen (secondary N) is 1. The molecule has 0 bridgehead atoms. The van der Waals surface area contributed by atoms with E-state index in [9.17, 15) is 40.5 Å². The highest BCUT2D eigenvalue weighted by atomic mass is 16.7. The van der Waals surface area contributed by atoms with Gasteiger partial charge < -0.3 is 50.5 Å². The van der Waals surface area contributed by atoms with E-state index in [2.05, 4.69) is 38.2 Å². The number of unbranched alkanes of at least 4 members (excludes halogenated alkanes) is 20. The number of carbonyl (C=O) groups excluding carboxylic acids is 1. The maximum atomic E-state index is 13.0. The highest BCUT2D eigenvalue weighted by Gasteiger charge is 2.44. The SMILES string of the molecule is CCCCCC/C=C\CCCCCCCCCCCC[C@@H](O)C(=O)N[C@@H](CO[C@@H]1O[C@H](CO)[C@@H](O)[C@H](O)[C@H]1O)[C@H](O)[C@H](O)CCCCCCCCCC(C)C. The lowest BCUT2D eigenvalue weighted by molar-refractivity contribution is -0.303. The van der Waals surface area contributed by atoms with E-state index in [1.807, 2.05) is 0 Å². The number of ether oxygens (including phenoxy) is 2. The Morgan fingerprint density at radius 3 is 1.64 bits per heavy atom. The highest BCUT2D eigenvalue weighted by Crippen LogP contribution is 2.23. The molecule has 0 radical (unpaired) electrons. The monoisotopic (exact) mass is 788 g/mol. The van der Waals surface area contributed by atoms with Crippen LogP contribution < -0.4 is 5.32 Å². The van der Waals surface area contributed by atoms with Gasteiger partial charge in [-0.3, -0.25) is 4.79 Å². The molecule has 0 aromatic carbocycles. The molecule has 0 unspecified atom stereocenters. The van der Waals surface area contributed by atoms with Gasteiger partial charge in [0.05, 0.1) is 25.4 Å². The molecule has 1 fully saturated rings. The number of hydrogen-bond acceptors (Lipinski definition) is 10. The van der Waals surface area contributed by atoms with Crippen LogP contribution in [0.5, 0.6) is 0 Å². The molecular weight excluding hydrogens is 702 g/mol. The largest absolute Gasteiger partial charge is 0.394 e. The summed E-state index contributed by atoms with van der Waals surface area (Å²) >= 11 is 0. The molecule has 11 nitrogen and oxygen atoms in total. The van der Waals surface area contributed by atoms with Crippen LogP contribution in [0.3, 0.4) is 0 Å². The zero-order chi connectivity index (χ0) is 40.7. The van der Waals surface area contributed by atoms with Gasteiger partial charge in [0.2, 0.25) is 5.91 Å². The Bertz CT molecular complexity index is 921.